The lowest BCUT2D eigenvalue weighted by Crippen LogP contribution is -2.49. The van der Waals surface area contributed by atoms with E-state index in [2.05, 4.69) is 44.8 Å². The van der Waals surface area contributed by atoms with Gasteiger partial charge in [-0.3, -0.25) is 4.79 Å². The van der Waals surface area contributed by atoms with Crippen molar-refractivity contribution in [2.45, 2.75) is 43.2 Å². The molecule has 1 saturated carbocycles. The maximum Gasteiger partial charge on any atom is 0.237 e. The summed E-state index contributed by atoms with van der Waals surface area (Å²) in [5, 5.41) is 15.6. The summed E-state index contributed by atoms with van der Waals surface area (Å²) >= 11 is 3.52. The fourth-order valence-corrected chi connectivity index (χ4v) is 3.68. The van der Waals surface area contributed by atoms with Gasteiger partial charge in [0.25, 0.3) is 0 Å². The molecular formula is C16H21BrN2O2. The number of β-amino-alcohol motifs (C(OH)–C–C–N with tert-alkyl or cyclic N) is 1. The standard InChI is InChI=1S/C16H21BrN2O2/c17-12-4-1-3-11(7-12)16(5-2-6-16)10-19-15(21)14-8-13(20)9-18-14/h1,3-4,7,13-14,18,20H,2,5-6,8-10H2,(H,19,21)/t13-,14+/m0/s1. The van der Waals surface area contributed by atoms with Crippen molar-refractivity contribution in [3.63, 3.8) is 0 Å². The van der Waals surface area contributed by atoms with Crippen molar-refractivity contribution >= 4 is 21.8 Å². The van der Waals surface area contributed by atoms with Gasteiger partial charge in [-0.05, 0) is 37.0 Å². The van der Waals surface area contributed by atoms with E-state index in [1.165, 1.54) is 12.0 Å². The predicted octanol–water partition coefficient (Wildman–Crippen LogP) is 1.71. The number of halogens is 1. The van der Waals surface area contributed by atoms with Crippen LogP contribution >= 0.6 is 15.9 Å². The lowest BCUT2D eigenvalue weighted by atomic mass is 9.64. The number of benzene rings is 1. The number of hydrogen-bond donors (Lipinski definition) is 3. The van der Waals surface area contributed by atoms with Crippen LogP contribution in [0.4, 0.5) is 0 Å². The Morgan fingerprint density at radius 1 is 1.48 bits per heavy atom. The van der Waals surface area contributed by atoms with Crippen molar-refractivity contribution in [3.05, 3.63) is 34.3 Å². The zero-order valence-corrected chi connectivity index (χ0v) is 13.5. The molecule has 1 aromatic carbocycles. The fraction of sp³-hybridized carbons (Fsp3) is 0.562. The summed E-state index contributed by atoms with van der Waals surface area (Å²) in [7, 11) is 0. The van der Waals surface area contributed by atoms with E-state index in [9.17, 15) is 9.90 Å². The first-order chi connectivity index (χ1) is 10.1. The zero-order chi connectivity index (χ0) is 14.9. The molecule has 1 amide bonds. The number of aliphatic hydroxyl groups is 1. The number of nitrogens with one attached hydrogen (secondary N) is 2. The number of rotatable bonds is 4. The Labute approximate surface area is 133 Å². The first-order valence-electron chi connectivity index (χ1n) is 7.54. The highest BCUT2D eigenvalue weighted by atomic mass is 79.9. The van der Waals surface area contributed by atoms with Crippen LogP contribution in [0.15, 0.2) is 28.7 Å². The van der Waals surface area contributed by atoms with Gasteiger partial charge in [-0.2, -0.15) is 0 Å². The first kappa shape index (κ1) is 15.0. The summed E-state index contributed by atoms with van der Waals surface area (Å²) in [6.45, 7) is 1.19. The summed E-state index contributed by atoms with van der Waals surface area (Å²) in [6.07, 6.45) is 3.55. The largest absolute Gasteiger partial charge is 0.392 e. The molecule has 21 heavy (non-hydrogen) atoms. The van der Waals surface area contributed by atoms with Gasteiger partial charge in [0.2, 0.25) is 5.91 Å². The third-order valence-corrected chi connectivity index (χ3v) is 5.27. The molecule has 0 unspecified atom stereocenters. The number of carbonyl (C=O) groups excluding carboxylic acids is 1. The van der Waals surface area contributed by atoms with Gasteiger partial charge in [-0.15, -0.1) is 0 Å². The third kappa shape index (κ3) is 3.15. The Morgan fingerprint density at radius 3 is 2.86 bits per heavy atom. The second kappa shape index (κ2) is 6.07. The molecule has 5 heteroatoms. The van der Waals surface area contributed by atoms with Crippen molar-refractivity contribution < 1.29 is 9.90 Å². The van der Waals surface area contributed by atoms with Crippen LogP contribution in [0.3, 0.4) is 0 Å². The first-order valence-corrected chi connectivity index (χ1v) is 8.34. The Morgan fingerprint density at radius 2 is 2.29 bits per heavy atom. The molecule has 1 aromatic rings. The van der Waals surface area contributed by atoms with Gasteiger partial charge in [0.15, 0.2) is 0 Å². The molecular weight excluding hydrogens is 332 g/mol. The average molecular weight is 353 g/mol. The summed E-state index contributed by atoms with van der Waals surface area (Å²) in [4.78, 5) is 12.2. The smallest absolute Gasteiger partial charge is 0.237 e. The number of carbonyl (C=O) groups is 1. The van der Waals surface area contributed by atoms with E-state index in [-0.39, 0.29) is 17.4 Å². The van der Waals surface area contributed by atoms with E-state index >= 15 is 0 Å². The highest BCUT2D eigenvalue weighted by Gasteiger charge is 2.39. The van der Waals surface area contributed by atoms with Crippen molar-refractivity contribution in [1.29, 1.82) is 0 Å². The van der Waals surface area contributed by atoms with Gasteiger partial charge < -0.3 is 15.7 Å². The van der Waals surface area contributed by atoms with Crippen molar-refractivity contribution in [2.24, 2.45) is 0 Å². The maximum absolute atomic E-state index is 12.2. The second-order valence-electron chi connectivity index (χ2n) is 6.21. The topological polar surface area (TPSA) is 61.4 Å². The summed E-state index contributed by atoms with van der Waals surface area (Å²) < 4.78 is 1.08. The predicted molar refractivity (Wildman–Crippen MR) is 85.1 cm³/mol. The van der Waals surface area contributed by atoms with Gasteiger partial charge in [-0.1, -0.05) is 34.5 Å². The van der Waals surface area contributed by atoms with E-state index in [0.29, 0.717) is 19.5 Å². The maximum atomic E-state index is 12.2. The monoisotopic (exact) mass is 352 g/mol. The molecule has 2 atom stereocenters. The van der Waals surface area contributed by atoms with Gasteiger partial charge in [0.1, 0.15) is 0 Å². The molecule has 1 heterocycles. The minimum atomic E-state index is -0.400. The van der Waals surface area contributed by atoms with Crippen molar-refractivity contribution in [1.82, 2.24) is 10.6 Å². The van der Waals surface area contributed by atoms with E-state index in [1.54, 1.807) is 0 Å². The average Bonchev–Trinajstić information content (AvgIpc) is 2.84. The molecule has 2 fully saturated rings. The molecule has 0 spiro atoms. The van der Waals surface area contributed by atoms with E-state index in [4.69, 9.17) is 0 Å². The summed E-state index contributed by atoms with van der Waals surface area (Å²) in [5.41, 5.74) is 1.37. The molecule has 1 saturated heterocycles. The van der Waals surface area contributed by atoms with Gasteiger partial charge in [-0.25, -0.2) is 0 Å². The Hall–Kier alpha value is -0.910. The lowest BCUT2D eigenvalue weighted by molar-refractivity contribution is -0.123. The Bertz CT molecular complexity index is 531. The van der Waals surface area contributed by atoms with Crippen LogP contribution in [-0.4, -0.2) is 36.2 Å². The zero-order valence-electron chi connectivity index (χ0n) is 11.9. The number of amides is 1. The summed E-state index contributed by atoms with van der Waals surface area (Å²) in [5.74, 6) is 0.00724. The van der Waals surface area contributed by atoms with Gasteiger partial charge in [0, 0.05) is 23.0 Å². The third-order valence-electron chi connectivity index (χ3n) is 4.77. The van der Waals surface area contributed by atoms with Crippen LogP contribution in [0.5, 0.6) is 0 Å². The molecule has 4 nitrogen and oxygen atoms in total. The quantitative estimate of drug-likeness (QED) is 0.772. The number of hydrogen-bond acceptors (Lipinski definition) is 3. The molecule has 1 aliphatic heterocycles. The van der Waals surface area contributed by atoms with Crippen molar-refractivity contribution in [2.75, 3.05) is 13.1 Å². The molecule has 0 bridgehead atoms. The van der Waals surface area contributed by atoms with Crippen molar-refractivity contribution in [3.8, 4) is 0 Å². The molecule has 114 valence electrons. The van der Waals surface area contributed by atoms with E-state index in [0.717, 1.165) is 17.3 Å². The number of aliphatic hydroxyl groups excluding tert-OH is 1. The SMILES string of the molecule is O=C(NCC1(c2cccc(Br)c2)CCC1)[C@H]1C[C@H](O)CN1. The highest BCUT2D eigenvalue weighted by Crippen LogP contribution is 2.43. The van der Waals surface area contributed by atoms with Crippen LogP contribution in [0.1, 0.15) is 31.2 Å². The molecule has 0 aromatic heterocycles. The van der Waals surface area contributed by atoms with Crippen LogP contribution in [-0.2, 0) is 10.2 Å². The van der Waals surface area contributed by atoms with E-state index in [1.807, 2.05) is 6.07 Å². The molecule has 2 aliphatic rings. The highest BCUT2D eigenvalue weighted by molar-refractivity contribution is 9.10. The normalized spacial score (nSPS) is 27.1. The van der Waals surface area contributed by atoms with Gasteiger partial charge in [0.05, 0.1) is 12.1 Å². The molecule has 3 N–H and O–H groups in total. The van der Waals surface area contributed by atoms with Crippen LogP contribution in [0.2, 0.25) is 0 Å². The van der Waals surface area contributed by atoms with Crippen LogP contribution < -0.4 is 10.6 Å². The minimum absolute atomic E-state index is 0.00724. The van der Waals surface area contributed by atoms with E-state index < -0.39 is 6.10 Å². The summed E-state index contributed by atoms with van der Waals surface area (Å²) in [6, 6.07) is 8.13. The fourth-order valence-electron chi connectivity index (χ4n) is 3.29. The Balaban J connectivity index is 1.63. The van der Waals surface area contributed by atoms with Crippen LogP contribution in [0, 0.1) is 0 Å². The molecule has 1 aliphatic carbocycles. The second-order valence-corrected chi connectivity index (χ2v) is 7.13. The molecule has 0 radical (unpaired) electrons. The lowest BCUT2D eigenvalue weighted by Gasteiger charge is -2.43. The molecule has 3 rings (SSSR count). The minimum Gasteiger partial charge on any atom is -0.392 e. The Kier molecular flexibility index (Phi) is 4.33. The van der Waals surface area contributed by atoms with Gasteiger partial charge >= 0.3 is 0 Å². The van der Waals surface area contributed by atoms with Crippen LogP contribution in [0.25, 0.3) is 0 Å².